The van der Waals surface area contributed by atoms with Crippen LogP contribution in [-0.4, -0.2) is 31.2 Å². The molecule has 2 rings (SSSR count). The average Bonchev–Trinajstić information content (AvgIpc) is 2.98. The highest BCUT2D eigenvalue weighted by Crippen LogP contribution is 2.08. The Hall–Kier alpha value is -2.44. The normalized spacial score (nSPS) is 15.3. The Bertz CT molecular complexity index is 493. The van der Waals surface area contributed by atoms with Crippen molar-refractivity contribution in [2.45, 2.75) is 19.6 Å². The van der Waals surface area contributed by atoms with Crippen LogP contribution in [0.2, 0.25) is 0 Å². The Labute approximate surface area is 115 Å². The largest absolute Gasteiger partial charge is 0.493 e. The topological polar surface area (TPSA) is 87.0 Å². The number of ether oxygens (including phenoxy) is 3. The van der Waals surface area contributed by atoms with Gasteiger partial charge in [0.05, 0.1) is 12.8 Å². The van der Waals surface area contributed by atoms with Gasteiger partial charge in [0.1, 0.15) is 25.2 Å². The van der Waals surface area contributed by atoms with Crippen LogP contribution in [0.5, 0.6) is 0 Å². The first-order chi connectivity index (χ1) is 9.66. The molecule has 0 aliphatic carbocycles. The minimum atomic E-state index is -0.941. The Kier molecular flexibility index (Phi) is 4.65. The lowest BCUT2D eigenvalue weighted by Crippen LogP contribution is -2.36. The highest BCUT2D eigenvalue weighted by Gasteiger charge is 2.23. The summed E-state index contributed by atoms with van der Waals surface area (Å²) in [5, 5.41) is 2.59. The lowest BCUT2D eigenvalue weighted by Gasteiger charge is -2.17. The quantitative estimate of drug-likeness (QED) is 0.800. The summed E-state index contributed by atoms with van der Waals surface area (Å²) in [6.07, 6.45) is 1.75. The van der Waals surface area contributed by atoms with E-state index in [1.807, 2.05) is 0 Å². The highest BCUT2D eigenvalue weighted by molar-refractivity contribution is 5.89. The summed E-state index contributed by atoms with van der Waals surface area (Å²) < 4.78 is 20.0. The minimum Gasteiger partial charge on any atom is -0.493 e. The first-order valence-electron chi connectivity index (χ1n) is 6.12. The second-order valence-corrected chi connectivity index (χ2v) is 4.05. The van der Waals surface area contributed by atoms with Crippen LogP contribution < -0.4 is 5.32 Å². The molecule has 20 heavy (non-hydrogen) atoms. The molecule has 1 aliphatic rings. The van der Waals surface area contributed by atoms with Gasteiger partial charge in [-0.3, -0.25) is 4.79 Å². The van der Waals surface area contributed by atoms with Gasteiger partial charge >= 0.3 is 5.97 Å². The van der Waals surface area contributed by atoms with Crippen molar-refractivity contribution in [3.05, 3.63) is 36.2 Å². The van der Waals surface area contributed by atoms with Gasteiger partial charge in [-0.05, 0) is 19.1 Å². The zero-order chi connectivity index (χ0) is 14.4. The average molecular weight is 281 g/mol. The van der Waals surface area contributed by atoms with Crippen LogP contribution in [0.4, 0.5) is 0 Å². The van der Waals surface area contributed by atoms with Crippen molar-refractivity contribution in [2.75, 3.05) is 13.2 Å². The molecule has 1 amide bonds. The molecule has 0 unspecified atom stereocenters. The van der Waals surface area contributed by atoms with Crippen LogP contribution in [0, 0.1) is 0 Å². The summed E-state index contributed by atoms with van der Waals surface area (Å²) in [6, 6.07) is 3.45. The molecule has 0 aromatic carbocycles. The number of furan rings is 1. The van der Waals surface area contributed by atoms with Crippen LogP contribution in [0.3, 0.4) is 0 Å². The molecule has 0 bridgehead atoms. The molecule has 0 spiro atoms. The number of nitrogens with one attached hydrogen (secondary N) is 1. The number of esters is 1. The summed E-state index contributed by atoms with van der Waals surface area (Å²) in [7, 11) is 0. The minimum absolute atomic E-state index is 0.0399. The first-order valence-corrected chi connectivity index (χ1v) is 6.12. The van der Waals surface area contributed by atoms with Gasteiger partial charge in [0.15, 0.2) is 6.10 Å². The van der Waals surface area contributed by atoms with Crippen LogP contribution in [-0.2, 0) is 30.3 Å². The van der Waals surface area contributed by atoms with Gasteiger partial charge in [-0.2, -0.15) is 0 Å². The number of carbonyl (C=O) groups is 2. The van der Waals surface area contributed by atoms with Gasteiger partial charge < -0.3 is 23.9 Å². The van der Waals surface area contributed by atoms with E-state index in [0.717, 1.165) is 0 Å². The van der Waals surface area contributed by atoms with E-state index in [4.69, 9.17) is 18.6 Å². The van der Waals surface area contributed by atoms with Crippen molar-refractivity contribution in [1.82, 2.24) is 5.32 Å². The lowest BCUT2D eigenvalue weighted by molar-refractivity contribution is -0.155. The van der Waals surface area contributed by atoms with E-state index in [0.29, 0.717) is 12.4 Å². The second-order valence-electron chi connectivity index (χ2n) is 4.05. The molecule has 1 aliphatic heterocycles. The molecular formula is C13H15NO6. The Morgan fingerprint density at radius 1 is 1.45 bits per heavy atom. The van der Waals surface area contributed by atoms with Crippen molar-refractivity contribution in [2.24, 2.45) is 0 Å². The summed E-state index contributed by atoms with van der Waals surface area (Å²) >= 11 is 0. The van der Waals surface area contributed by atoms with Crippen LogP contribution in [0.1, 0.15) is 12.7 Å². The van der Waals surface area contributed by atoms with Crippen LogP contribution in [0.15, 0.2) is 34.8 Å². The van der Waals surface area contributed by atoms with Crippen molar-refractivity contribution in [3.63, 3.8) is 0 Å². The third-order valence-electron chi connectivity index (χ3n) is 2.52. The summed E-state index contributed by atoms with van der Waals surface area (Å²) in [5.74, 6) is -0.581. The predicted octanol–water partition coefficient (Wildman–Crippen LogP) is 0.716. The third-order valence-corrected chi connectivity index (χ3v) is 2.52. The Balaban J connectivity index is 1.78. The highest BCUT2D eigenvalue weighted by atomic mass is 16.6. The van der Waals surface area contributed by atoms with E-state index in [-0.39, 0.29) is 18.9 Å². The molecule has 0 saturated heterocycles. The van der Waals surface area contributed by atoms with Gasteiger partial charge in [-0.15, -0.1) is 0 Å². The van der Waals surface area contributed by atoms with Gasteiger partial charge in [-0.25, -0.2) is 4.79 Å². The molecule has 7 heteroatoms. The summed E-state index contributed by atoms with van der Waals surface area (Å²) in [6.45, 7) is 2.37. The lowest BCUT2D eigenvalue weighted by atomic mass is 10.3. The van der Waals surface area contributed by atoms with Gasteiger partial charge in [0, 0.05) is 0 Å². The molecule has 1 aromatic rings. The van der Waals surface area contributed by atoms with Gasteiger partial charge in [0.25, 0.3) is 5.91 Å². The third kappa shape index (κ3) is 3.78. The molecule has 1 atom stereocenters. The molecule has 1 aromatic heterocycles. The summed E-state index contributed by atoms with van der Waals surface area (Å²) in [5.41, 5.74) is 0. The van der Waals surface area contributed by atoms with Gasteiger partial charge in [0.2, 0.25) is 5.76 Å². The van der Waals surface area contributed by atoms with Crippen molar-refractivity contribution < 1.29 is 28.2 Å². The van der Waals surface area contributed by atoms with Crippen LogP contribution >= 0.6 is 0 Å². The van der Waals surface area contributed by atoms with E-state index in [9.17, 15) is 9.59 Å². The maximum atomic E-state index is 11.7. The number of amides is 1. The van der Waals surface area contributed by atoms with E-state index in [2.05, 4.69) is 5.32 Å². The van der Waals surface area contributed by atoms with Crippen molar-refractivity contribution >= 4 is 11.9 Å². The van der Waals surface area contributed by atoms with E-state index in [1.165, 1.54) is 19.4 Å². The number of hydrogen-bond acceptors (Lipinski definition) is 6. The standard InChI is InChI=1S/C13H15NO6/c1-9(12(15)14-7-10-3-2-4-18-10)20-13(16)11-8-17-5-6-19-11/h2-4,8-9H,5-7H2,1H3,(H,14,15)/t9-/m0/s1. The fraction of sp³-hybridized carbons (Fsp3) is 0.385. The van der Waals surface area contributed by atoms with Crippen molar-refractivity contribution in [3.8, 4) is 0 Å². The smallest absolute Gasteiger partial charge is 0.377 e. The summed E-state index contributed by atoms with van der Waals surface area (Å²) in [4.78, 5) is 23.4. The molecule has 1 N–H and O–H groups in total. The SMILES string of the molecule is C[C@H](OC(=O)C1=COCCO1)C(=O)NCc1ccco1. The first kappa shape index (κ1) is 14.0. The molecule has 0 saturated carbocycles. The maximum Gasteiger partial charge on any atom is 0.377 e. The van der Waals surface area contributed by atoms with E-state index < -0.39 is 18.0 Å². The second kappa shape index (κ2) is 6.65. The molecule has 0 fully saturated rings. The molecule has 108 valence electrons. The fourth-order valence-corrected chi connectivity index (χ4v) is 1.48. The number of carbonyl (C=O) groups excluding carboxylic acids is 2. The molecule has 2 heterocycles. The Morgan fingerprint density at radius 3 is 2.95 bits per heavy atom. The monoisotopic (exact) mass is 281 g/mol. The maximum absolute atomic E-state index is 11.7. The van der Waals surface area contributed by atoms with Gasteiger partial charge in [-0.1, -0.05) is 0 Å². The number of rotatable bonds is 5. The molecular weight excluding hydrogens is 266 g/mol. The van der Waals surface area contributed by atoms with Crippen LogP contribution in [0.25, 0.3) is 0 Å². The number of hydrogen-bond donors (Lipinski definition) is 1. The van der Waals surface area contributed by atoms with E-state index in [1.54, 1.807) is 12.1 Å². The van der Waals surface area contributed by atoms with Crippen molar-refractivity contribution in [1.29, 1.82) is 0 Å². The van der Waals surface area contributed by atoms with E-state index >= 15 is 0 Å². The molecule has 0 radical (unpaired) electrons. The zero-order valence-corrected chi connectivity index (χ0v) is 11.0. The zero-order valence-electron chi connectivity index (χ0n) is 11.0. The molecule has 7 nitrogen and oxygen atoms in total. The Morgan fingerprint density at radius 2 is 2.30 bits per heavy atom. The predicted molar refractivity (Wildman–Crippen MR) is 66.1 cm³/mol. The fourth-order valence-electron chi connectivity index (χ4n) is 1.48.